The monoisotopic (exact) mass is 493 g/mol. The third kappa shape index (κ3) is 6.40. The molecule has 0 fully saturated rings. The number of hydrogen-bond donors (Lipinski definition) is 1. The van der Waals surface area contributed by atoms with E-state index in [0.29, 0.717) is 11.3 Å². The summed E-state index contributed by atoms with van der Waals surface area (Å²) in [6, 6.07) is 21.1. The molecular weight excluding hydrogens is 474 g/mol. The minimum atomic E-state index is -4.47. The van der Waals surface area contributed by atoms with Crippen LogP contribution in [0.1, 0.15) is 5.56 Å². The molecule has 3 aromatic carbocycles. The third-order valence-electron chi connectivity index (χ3n) is 4.55. The van der Waals surface area contributed by atoms with Gasteiger partial charge in [-0.2, -0.15) is 10.4 Å². The number of hydrazone groups is 1. The van der Waals surface area contributed by atoms with Gasteiger partial charge < -0.3 is 4.74 Å². The van der Waals surface area contributed by atoms with Gasteiger partial charge in [0.25, 0.3) is 21.6 Å². The smallest absolute Gasteiger partial charge is 0.289 e. The van der Waals surface area contributed by atoms with E-state index in [1.54, 1.807) is 42.5 Å². The Labute approximate surface area is 201 Å². The Balaban J connectivity index is 1.79. The van der Waals surface area contributed by atoms with Gasteiger partial charge in [-0.15, -0.1) is 0 Å². The zero-order valence-electron chi connectivity index (χ0n) is 18.1. The molecule has 0 bridgehead atoms. The van der Waals surface area contributed by atoms with Gasteiger partial charge >= 0.3 is 0 Å². The molecule has 3 aromatic rings. The zero-order valence-corrected chi connectivity index (χ0v) is 19.0. The summed E-state index contributed by atoms with van der Waals surface area (Å²) in [4.78, 5) is 22.6. The molecular formula is C23H19N5O6S. The molecule has 0 heterocycles. The summed E-state index contributed by atoms with van der Waals surface area (Å²) in [5, 5.41) is 23.8. The molecule has 0 radical (unpaired) electrons. The normalized spacial score (nSPS) is 10.9. The summed E-state index contributed by atoms with van der Waals surface area (Å²) < 4.78 is 32.7. The van der Waals surface area contributed by atoms with Crippen molar-refractivity contribution in [2.24, 2.45) is 5.10 Å². The van der Waals surface area contributed by atoms with Gasteiger partial charge in [0, 0.05) is 6.07 Å². The van der Waals surface area contributed by atoms with Gasteiger partial charge in [0.05, 0.1) is 16.8 Å². The lowest BCUT2D eigenvalue weighted by atomic mass is 10.2. The van der Waals surface area contributed by atoms with E-state index < -0.39 is 38.0 Å². The van der Waals surface area contributed by atoms with E-state index in [4.69, 9.17) is 10.00 Å². The Morgan fingerprint density at radius 2 is 1.74 bits per heavy atom. The zero-order chi connectivity index (χ0) is 25.3. The first-order chi connectivity index (χ1) is 16.8. The highest BCUT2D eigenvalue weighted by molar-refractivity contribution is 7.93. The van der Waals surface area contributed by atoms with Gasteiger partial charge in [0.1, 0.15) is 18.4 Å². The number of benzene rings is 3. The summed E-state index contributed by atoms with van der Waals surface area (Å²) in [7, 11) is -4.47. The minimum Gasteiger partial charge on any atom is -0.479 e. The summed E-state index contributed by atoms with van der Waals surface area (Å²) in [5.74, 6) is -0.271. The summed E-state index contributed by atoms with van der Waals surface area (Å²) >= 11 is 0. The lowest BCUT2D eigenvalue weighted by Gasteiger charge is -2.23. The van der Waals surface area contributed by atoms with E-state index >= 15 is 0 Å². The molecule has 0 aromatic heterocycles. The molecule has 0 saturated heterocycles. The average Bonchev–Trinajstić information content (AvgIpc) is 2.87. The number of anilines is 1. The maximum atomic E-state index is 13.4. The molecule has 11 nitrogen and oxygen atoms in total. The molecule has 0 saturated carbocycles. The second kappa shape index (κ2) is 11.4. The second-order valence-electron chi connectivity index (χ2n) is 6.88. The van der Waals surface area contributed by atoms with Crippen LogP contribution in [-0.4, -0.2) is 38.6 Å². The van der Waals surface area contributed by atoms with Crippen molar-refractivity contribution in [1.29, 1.82) is 5.26 Å². The fourth-order valence-electron chi connectivity index (χ4n) is 2.96. The predicted molar refractivity (Wildman–Crippen MR) is 127 cm³/mol. The Hall–Kier alpha value is -4.76. The van der Waals surface area contributed by atoms with Crippen molar-refractivity contribution in [2.75, 3.05) is 17.5 Å². The molecule has 0 aliphatic heterocycles. The molecule has 0 aliphatic carbocycles. The highest BCUT2D eigenvalue weighted by Crippen LogP contribution is 2.29. The number of ether oxygens (including phenoxy) is 1. The van der Waals surface area contributed by atoms with Gasteiger partial charge in [0.15, 0.2) is 11.5 Å². The van der Waals surface area contributed by atoms with E-state index in [1.807, 2.05) is 6.07 Å². The maximum absolute atomic E-state index is 13.4. The van der Waals surface area contributed by atoms with Crippen molar-refractivity contribution >= 4 is 33.5 Å². The first-order valence-electron chi connectivity index (χ1n) is 10.1. The number of nitro groups is 1. The minimum absolute atomic E-state index is 0.0869. The van der Waals surface area contributed by atoms with Gasteiger partial charge in [-0.3, -0.25) is 19.2 Å². The van der Waals surface area contributed by atoms with Crippen LogP contribution in [0.25, 0.3) is 0 Å². The number of sulfonamides is 1. The molecule has 178 valence electrons. The van der Waals surface area contributed by atoms with Crippen molar-refractivity contribution in [3.63, 3.8) is 0 Å². The Morgan fingerprint density at radius 3 is 2.40 bits per heavy atom. The number of rotatable bonds is 10. The predicted octanol–water partition coefficient (Wildman–Crippen LogP) is 2.84. The van der Waals surface area contributed by atoms with E-state index in [1.165, 1.54) is 30.5 Å². The van der Waals surface area contributed by atoms with Gasteiger partial charge in [-0.1, -0.05) is 30.3 Å². The molecule has 0 unspecified atom stereocenters. The quantitative estimate of drug-likeness (QED) is 0.259. The van der Waals surface area contributed by atoms with Crippen LogP contribution in [0.15, 0.2) is 88.9 Å². The van der Waals surface area contributed by atoms with E-state index in [2.05, 4.69) is 10.5 Å². The fraction of sp³-hybridized carbons (Fsp3) is 0.0870. The van der Waals surface area contributed by atoms with E-state index in [9.17, 15) is 23.3 Å². The number of carbonyl (C=O) groups is 1. The number of amides is 1. The molecule has 12 heteroatoms. The van der Waals surface area contributed by atoms with Gasteiger partial charge in [0.2, 0.25) is 0 Å². The van der Waals surface area contributed by atoms with Crippen molar-refractivity contribution in [3.05, 3.63) is 94.5 Å². The summed E-state index contributed by atoms with van der Waals surface area (Å²) in [5.41, 5.74) is 2.42. The Bertz CT molecular complexity index is 1370. The number of nitriles is 1. The number of carbonyl (C=O) groups excluding carboxylic acids is 1. The highest BCUT2D eigenvalue weighted by atomic mass is 32.2. The van der Waals surface area contributed by atoms with Crippen molar-refractivity contribution < 1.29 is 22.9 Å². The number of hydrogen-bond acceptors (Lipinski definition) is 8. The molecule has 1 N–H and O–H groups in total. The van der Waals surface area contributed by atoms with Gasteiger partial charge in [-0.25, -0.2) is 13.8 Å². The lowest BCUT2D eigenvalue weighted by Crippen LogP contribution is -2.39. The van der Waals surface area contributed by atoms with Crippen LogP contribution in [0.2, 0.25) is 0 Å². The standard InChI is InChI=1S/C23H19N5O6S/c24-14-15-34-20-12-10-18(11-13-20)16-25-26-23(29)17-27(19-6-2-1-3-7-19)35(32,33)22-9-5-4-8-21(22)28(30)31/h1-13,16H,15,17H2,(H,26,29)/b25-16+. The van der Waals surface area contributed by atoms with E-state index in [0.717, 1.165) is 16.4 Å². The molecule has 1 amide bonds. The molecule has 0 spiro atoms. The largest absolute Gasteiger partial charge is 0.479 e. The van der Waals surface area contributed by atoms with Crippen LogP contribution in [0.3, 0.4) is 0 Å². The summed E-state index contributed by atoms with van der Waals surface area (Å²) in [6.07, 6.45) is 1.34. The molecule has 0 aliphatic rings. The van der Waals surface area contributed by atoms with Crippen LogP contribution >= 0.6 is 0 Å². The Kier molecular flexibility index (Phi) is 8.10. The second-order valence-corrected chi connectivity index (χ2v) is 8.71. The highest BCUT2D eigenvalue weighted by Gasteiger charge is 2.33. The molecule has 3 rings (SSSR count). The first-order valence-corrected chi connectivity index (χ1v) is 11.5. The maximum Gasteiger partial charge on any atom is 0.289 e. The van der Waals surface area contributed by atoms with Crippen LogP contribution < -0.4 is 14.5 Å². The molecule has 35 heavy (non-hydrogen) atoms. The van der Waals surface area contributed by atoms with Gasteiger partial charge in [-0.05, 0) is 48.0 Å². The van der Waals surface area contributed by atoms with Crippen molar-refractivity contribution in [1.82, 2.24) is 5.43 Å². The number of nitrogens with zero attached hydrogens (tertiary/aromatic N) is 4. The van der Waals surface area contributed by atoms with Crippen LogP contribution in [0.4, 0.5) is 11.4 Å². The Morgan fingerprint density at radius 1 is 1.09 bits per heavy atom. The summed E-state index contributed by atoms with van der Waals surface area (Å²) in [6.45, 7) is -0.757. The lowest BCUT2D eigenvalue weighted by molar-refractivity contribution is -0.387. The van der Waals surface area contributed by atoms with Crippen LogP contribution in [0.5, 0.6) is 5.75 Å². The number of nitro benzene ring substituents is 1. The van der Waals surface area contributed by atoms with E-state index in [-0.39, 0.29) is 12.3 Å². The number of nitrogens with one attached hydrogen (secondary N) is 1. The average molecular weight is 494 g/mol. The van der Waals surface area contributed by atoms with Crippen molar-refractivity contribution in [3.8, 4) is 11.8 Å². The molecule has 0 atom stereocenters. The fourth-order valence-corrected chi connectivity index (χ4v) is 4.55. The number of para-hydroxylation sites is 2. The third-order valence-corrected chi connectivity index (χ3v) is 6.37. The van der Waals surface area contributed by atoms with Crippen LogP contribution in [0, 0.1) is 21.4 Å². The first kappa shape index (κ1) is 24.9. The van der Waals surface area contributed by atoms with Crippen molar-refractivity contribution in [2.45, 2.75) is 4.90 Å². The topological polar surface area (TPSA) is 155 Å². The SMILES string of the molecule is N#CCOc1ccc(/C=N/NC(=O)CN(c2ccccc2)S(=O)(=O)c2ccccc2[N+](=O)[O-])cc1. The van der Waals surface area contributed by atoms with Crippen LogP contribution in [-0.2, 0) is 14.8 Å².